The summed E-state index contributed by atoms with van der Waals surface area (Å²) in [5.41, 5.74) is 2.77. The lowest BCUT2D eigenvalue weighted by Gasteiger charge is -2.38. The Labute approximate surface area is 211 Å². The van der Waals surface area contributed by atoms with Gasteiger partial charge >= 0.3 is 0 Å². The van der Waals surface area contributed by atoms with E-state index in [0.29, 0.717) is 30.8 Å². The molecule has 190 valence electrons. The molecule has 1 amide bonds. The van der Waals surface area contributed by atoms with Crippen molar-refractivity contribution in [2.45, 2.75) is 45.2 Å². The van der Waals surface area contributed by atoms with E-state index in [1.54, 1.807) is 9.47 Å². The highest BCUT2D eigenvalue weighted by Gasteiger charge is 2.32. The van der Waals surface area contributed by atoms with Crippen molar-refractivity contribution < 1.29 is 13.8 Å². The molecule has 0 N–H and O–H groups in total. The molecule has 1 aliphatic rings. The first-order chi connectivity index (χ1) is 17.2. The van der Waals surface area contributed by atoms with Gasteiger partial charge in [0.25, 0.3) is 11.5 Å². The molecule has 0 saturated heterocycles. The number of quaternary nitrogens is 1. The molecule has 1 aliphatic carbocycles. The zero-order chi connectivity index (χ0) is 25.9. The van der Waals surface area contributed by atoms with Gasteiger partial charge in [0.15, 0.2) is 0 Å². The van der Waals surface area contributed by atoms with Crippen molar-refractivity contribution in [3.8, 4) is 0 Å². The van der Waals surface area contributed by atoms with Gasteiger partial charge in [0.1, 0.15) is 11.6 Å². The summed E-state index contributed by atoms with van der Waals surface area (Å²) in [6.07, 6.45) is 2.81. The number of likely N-dealkylation sites (N-methyl/N-ethyl adjacent to an activating group) is 1. The van der Waals surface area contributed by atoms with Gasteiger partial charge in [0.2, 0.25) is 0 Å². The number of aromatic nitrogens is 2. The van der Waals surface area contributed by atoms with Gasteiger partial charge in [-0.15, -0.1) is 0 Å². The van der Waals surface area contributed by atoms with E-state index < -0.39 is 16.5 Å². The zero-order valence-electron chi connectivity index (χ0n) is 21.1. The quantitative estimate of drug-likeness (QED) is 0.333. The second-order valence-corrected chi connectivity index (χ2v) is 9.85. The zero-order valence-corrected chi connectivity index (χ0v) is 21.1. The van der Waals surface area contributed by atoms with E-state index in [1.165, 1.54) is 38.4 Å². The molecule has 0 fully saturated rings. The Morgan fingerprint density at radius 1 is 1.14 bits per heavy atom. The minimum absolute atomic E-state index is 0.0658. The summed E-state index contributed by atoms with van der Waals surface area (Å²) < 4.78 is 14.7. The van der Waals surface area contributed by atoms with Crippen molar-refractivity contribution in [2.75, 3.05) is 27.2 Å². The van der Waals surface area contributed by atoms with E-state index in [4.69, 9.17) is 4.98 Å². The Hall–Kier alpha value is -3.36. The fourth-order valence-electron chi connectivity index (χ4n) is 4.77. The molecular weight excluding hydrogens is 459 g/mol. The van der Waals surface area contributed by atoms with Crippen molar-refractivity contribution in [3.63, 3.8) is 0 Å². The van der Waals surface area contributed by atoms with Gasteiger partial charge in [-0.1, -0.05) is 37.3 Å². The molecule has 0 spiro atoms. The molecule has 0 radical (unpaired) electrons. The Bertz CT molecular complexity index is 1270. The van der Waals surface area contributed by atoms with Crippen molar-refractivity contribution in [3.05, 3.63) is 104 Å². The lowest BCUT2D eigenvalue weighted by atomic mass is 10.1. The Kier molecular flexibility index (Phi) is 7.66. The number of fused-ring (bicyclic) bond motifs is 1. The summed E-state index contributed by atoms with van der Waals surface area (Å²) in [5.74, 6) is -0.227. The number of aryl methyl sites for hydroxylation is 1. The van der Waals surface area contributed by atoms with Crippen molar-refractivity contribution in [2.24, 2.45) is 0 Å². The van der Waals surface area contributed by atoms with Gasteiger partial charge in [0.05, 0.1) is 45.5 Å². The molecule has 7 nitrogen and oxygen atoms in total. The number of carbonyl (C=O) groups excluding carboxylic acids is 1. The van der Waals surface area contributed by atoms with Crippen LogP contribution in [0.2, 0.25) is 0 Å². The van der Waals surface area contributed by atoms with Crippen LogP contribution in [-0.2, 0) is 19.4 Å². The molecule has 0 aliphatic heterocycles. The first-order valence-electron chi connectivity index (χ1n) is 12.4. The number of carbonyl (C=O) groups is 1. The number of amides is 1. The number of nitrogens with zero attached hydrogens (tertiary/aromatic N) is 4. The van der Waals surface area contributed by atoms with Crippen LogP contribution in [0.25, 0.3) is 0 Å². The van der Waals surface area contributed by atoms with E-state index >= 15 is 0 Å². The molecule has 36 heavy (non-hydrogen) atoms. The van der Waals surface area contributed by atoms with Crippen molar-refractivity contribution >= 4 is 5.91 Å². The third-order valence-electron chi connectivity index (χ3n) is 6.69. The topological polar surface area (TPSA) is 78.3 Å². The molecular formula is C28H33FN4O3. The molecule has 1 aromatic heterocycles. The first kappa shape index (κ1) is 25.7. The monoisotopic (exact) mass is 492 g/mol. The third kappa shape index (κ3) is 5.71. The second kappa shape index (κ2) is 10.7. The first-order valence-corrected chi connectivity index (χ1v) is 12.4. The Morgan fingerprint density at radius 3 is 2.47 bits per heavy atom. The molecule has 0 bridgehead atoms. The summed E-state index contributed by atoms with van der Waals surface area (Å²) in [5, 5.41) is 12.5. The number of benzene rings is 2. The van der Waals surface area contributed by atoms with E-state index in [2.05, 4.69) is 0 Å². The van der Waals surface area contributed by atoms with Crippen LogP contribution < -0.4 is 5.56 Å². The standard InChI is InChI=1S/C28H33FN4O3/c1-4-25(31(17-18-33(2,3)36)27(34)21-13-15-22(29)16-14-21)26-30-24-12-8-11-23(24)28(35)32(26)19-20-9-6-5-7-10-20/h5-7,9-10,13-16,25H,4,8,11-12,17-19H2,1-3H3. The number of halogens is 1. The summed E-state index contributed by atoms with van der Waals surface area (Å²) in [7, 11) is 3.06. The SMILES string of the molecule is CCC(c1nc2c(c(=O)n1Cc1ccccc1)CCC2)N(CC[N+](C)(C)[O-])C(=O)c1ccc(F)cc1. The summed E-state index contributed by atoms with van der Waals surface area (Å²) in [6.45, 7) is 2.62. The van der Waals surface area contributed by atoms with Crippen LogP contribution in [-0.4, -0.2) is 52.2 Å². The maximum absolute atomic E-state index is 13.7. The summed E-state index contributed by atoms with van der Waals surface area (Å²) >= 11 is 0. The normalized spacial score (nSPS) is 13.9. The average molecular weight is 493 g/mol. The number of hydrogen-bond acceptors (Lipinski definition) is 4. The van der Waals surface area contributed by atoms with E-state index in [-0.39, 0.29) is 24.6 Å². The van der Waals surface area contributed by atoms with E-state index in [0.717, 1.165) is 29.7 Å². The number of hydroxylamine groups is 3. The average Bonchev–Trinajstić information content (AvgIpc) is 3.33. The van der Waals surface area contributed by atoms with Crippen LogP contribution >= 0.6 is 0 Å². The fourth-order valence-corrected chi connectivity index (χ4v) is 4.77. The van der Waals surface area contributed by atoms with Gasteiger partial charge in [-0.2, -0.15) is 0 Å². The van der Waals surface area contributed by atoms with Crippen LogP contribution in [0, 0.1) is 11.0 Å². The molecule has 1 atom stereocenters. The Balaban J connectivity index is 1.82. The van der Waals surface area contributed by atoms with Crippen LogP contribution in [0.3, 0.4) is 0 Å². The maximum atomic E-state index is 13.7. The second-order valence-electron chi connectivity index (χ2n) is 9.85. The minimum Gasteiger partial charge on any atom is -0.633 e. The summed E-state index contributed by atoms with van der Waals surface area (Å²) in [4.78, 5) is 33.9. The maximum Gasteiger partial charge on any atom is 0.257 e. The predicted molar refractivity (Wildman–Crippen MR) is 137 cm³/mol. The lowest BCUT2D eigenvalue weighted by Crippen LogP contribution is -2.46. The fraction of sp³-hybridized carbons (Fsp3) is 0.393. The lowest BCUT2D eigenvalue weighted by molar-refractivity contribution is -0.839. The van der Waals surface area contributed by atoms with Crippen LogP contribution in [0.15, 0.2) is 59.4 Å². The third-order valence-corrected chi connectivity index (χ3v) is 6.69. The highest BCUT2D eigenvalue weighted by Crippen LogP contribution is 2.28. The van der Waals surface area contributed by atoms with E-state index in [9.17, 15) is 19.2 Å². The molecule has 1 heterocycles. The summed E-state index contributed by atoms with van der Waals surface area (Å²) in [6, 6.07) is 14.6. The van der Waals surface area contributed by atoms with Crippen molar-refractivity contribution in [1.29, 1.82) is 0 Å². The largest absolute Gasteiger partial charge is 0.633 e. The van der Waals surface area contributed by atoms with Gasteiger partial charge in [-0.3, -0.25) is 14.2 Å². The molecule has 0 saturated carbocycles. The molecule has 3 aromatic rings. The highest BCUT2D eigenvalue weighted by molar-refractivity contribution is 5.94. The van der Waals surface area contributed by atoms with Crippen LogP contribution in [0.5, 0.6) is 0 Å². The van der Waals surface area contributed by atoms with Gasteiger partial charge in [0, 0.05) is 11.1 Å². The number of rotatable bonds is 9. The minimum atomic E-state index is -0.571. The van der Waals surface area contributed by atoms with Gasteiger partial charge < -0.3 is 14.8 Å². The molecule has 1 unspecified atom stereocenters. The molecule has 8 heteroatoms. The van der Waals surface area contributed by atoms with Crippen molar-refractivity contribution in [1.82, 2.24) is 14.5 Å². The molecule has 2 aromatic carbocycles. The van der Waals surface area contributed by atoms with Gasteiger partial charge in [-0.25, -0.2) is 9.37 Å². The van der Waals surface area contributed by atoms with Crippen LogP contribution in [0.4, 0.5) is 4.39 Å². The van der Waals surface area contributed by atoms with E-state index in [1.807, 2.05) is 37.3 Å². The van der Waals surface area contributed by atoms with Crippen LogP contribution in [0.1, 0.15) is 58.8 Å². The predicted octanol–water partition coefficient (Wildman–Crippen LogP) is 4.09. The highest BCUT2D eigenvalue weighted by atomic mass is 19.1. The number of hydrogen-bond donors (Lipinski definition) is 0. The molecule has 4 rings (SSSR count). The smallest absolute Gasteiger partial charge is 0.257 e. The van der Waals surface area contributed by atoms with Gasteiger partial charge in [-0.05, 0) is 55.5 Å². The Morgan fingerprint density at radius 2 is 1.83 bits per heavy atom.